The molecule has 0 bridgehead atoms. The van der Waals surface area contributed by atoms with Gasteiger partial charge in [0.2, 0.25) is 0 Å². The van der Waals surface area contributed by atoms with Crippen molar-refractivity contribution in [3.05, 3.63) is 57.6 Å². The molecule has 214 valence electrons. The van der Waals surface area contributed by atoms with Crippen LogP contribution in [0.5, 0.6) is 11.5 Å². The summed E-state index contributed by atoms with van der Waals surface area (Å²) in [6.07, 6.45) is 3.89. The molecule has 0 spiro atoms. The summed E-state index contributed by atoms with van der Waals surface area (Å²) >= 11 is 0. The van der Waals surface area contributed by atoms with Crippen molar-refractivity contribution in [1.82, 2.24) is 9.80 Å². The summed E-state index contributed by atoms with van der Waals surface area (Å²) in [5.41, 5.74) is 5.89. The molecule has 0 saturated carbocycles. The maximum Gasteiger partial charge on any atom is 4.00 e. The number of hydrogen-bond donors (Lipinski definition) is 0. The molecular weight excluding hydrogens is 524 g/mol. The van der Waals surface area contributed by atoms with Gasteiger partial charge in [0, 0.05) is 25.2 Å². The van der Waals surface area contributed by atoms with E-state index in [9.17, 15) is 20.4 Å². The zero-order chi connectivity index (χ0) is 28.6. The first-order valence-corrected chi connectivity index (χ1v) is 14.1. The summed E-state index contributed by atoms with van der Waals surface area (Å²) in [7, 11) is 0. The van der Waals surface area contributed by atoms with Crippen LogP contribution in [0.4, 0.5) is 0 Å². The van der Waals surface area contributed by atoms with Gasteiger partial charge in [-0.15, -0.1) is 23.7 Å². The smallest absolute Gasteiger partial charge is 0.872 e. The van der Waals surface area contributed by atoms with Crippen LogP contribution < -0.4 is 20.4 Å². The van der Waals surface area contributed by atoms with Crippen molar-refractivity contribution in [3.8, 4) is 11.5 Å². The Hall–Kier alpha value is -1.41. The van der Waals surface area contributed by atoms with Crippen LogP contribution in [0.2, 0.25) is 0 Å². The second-order valence-electron chi connectivity index (χ2n) is 11.6. The van der Waals surface area contributed by atoms with Gasteiger partial charge in [-0.25, -0.2) is 0 Å². The van der Waals surface area contributed by atoms with Gasteiger partial charge < -0.3 is 20.4 Å². The predicted octanol–water partition coefficient (Wildman–Crippen LogP) is 3.20. The van der Waals surface area contributed by atoms with Crippen molar-refractivity contribution in [1.29, 1.82) is 0 Å². The van der Waals surface area contributed by atoms with Crippen molar-refractivity contribution in [2.24, 2.45) is 0 Å². The molecule has 0 N–H and O–H groups in total. The van der Waals surface area contributed by atoms with Crippen LogP contribution in [0.1, 0.15) is 86.8 Å². The summed E-state index contributed by atoms with van der Waals surface area (Å²) < 4.78 is 0. The second-order valence-corrected chi connectivity index (χ2v) is 11.6. The number of rotatable bonds is 5. The molecule has 4 rings (SSSR count). The third-order valence-corrected chi connectivity index (χ3v) is 7.01. The van der Waals surface area contributed by atoms with E-state index >= 15 is 0 Å². The van der Waals surface area contributed by atoms with E-state index in [1.54, 1.807) is 27.7 Å². The van der Waals surface area contributed by atoms with E-state index in [4.69, 9.17) is 0 Å². The molecule has 2 fully saturated rings. The van der Waals surface area contributed by atoms with Crippen LogP contribution in [0.25, 0.3) is 0 Å². The number of aryl methyl sites for hydroxylation is 4. The van der Waals surface area contributed by atoms with Gasteiger partial charge >= 0.3 is 21.7 Å². The van der Waals surface area contributed by atoms with Gasteiger partial charge in [-0.3, -0.25) is 9.80 Å². The average molecular weight is 573 g/mol. The number of nitrogens with zero attached hydrogens (tertiary/aromatic N) is 2. The van der Waals surface area contributed by atoms with Crippen molar-refractivity contribution in [2.75, 3.05) is 13.1 Å². The van der Waals surface area contributed by atoms with E-state index in [0.717, 1.165) is 59.6 Å². The predicted molar refractivity (Wildman–Crippen MR) is 148 cm³/mol. The third kappa shape index (κ3) is 11.2. The average Bonchev–Trinajstić information content (AvgIpc) is 3.43. The van der Waals surface area contributed by atoms with Crippen LogP contribution in [-0.4, -0.2) is 47.2 Å². The zero-order valence-electron chi connectivity index (χ0n) is 25.3. The van der Waals surface area contributed by atoms with E-state index in [2.05, 4.69) is 35.8 Å². The Morgan fingerprint density at radius 2 is 0.974 bits per heavy atom. The Morgan fingerprint density at radius 3 is 1.28 bits per heavy atom. The molecule has 0 unspecified atom stereocenters. The first kappa shape index (κ1) is 35.6. The Bertz CT molecular complexity index is 941. The Labute approximate surface area is 251 Å². The summed E-state index contributed by atoms with van der Waals surface area (Å²) in [6, 6.07) is 9.03. The molecular formula is C32H48N2O4Ti. The molecule has 2 aromatic carbocycles. The quantitative estimate of drug-likeness (QED) is 0.511. The minimum absolute atomic E-state index is 0. The van der Waals surface area contributed by atoms with Gasteiger partial charge in [0.15, 0.2) is 0 Å². The molecule has 2 aromatic rings. The Morgan fingerprint density at radius 1 is 0.667 bits per heavy atom. The van der Waals surface area contributed by atoms with E-state index in [0.29, 0.717) is 12.1 Å². The Kier molecular flexibility index (Phi) is 15.3. The van der Waals surface area contributed by atoms with Crippen LogP contribution >= 0.6 is 0 Å². The molecule has 2 saturated heterocycles. The van der Waals surface area contributed by atoms with Crippen molar-refractivity contribution >= 4 is 0 Å². The fourth-order valence-electron chi connectivity index (χ4n) is 5.73. The molecule has 39 heavy (non-hydrogen) atoms. The fourth-order valence-corrected chi connectivity index (χ4v) is 5.73. The minimum atomic E-state index is -0.417. The molecule has 0 amide bonds. The Balaban J connectivity index is 0.000000748. The molecule has 2 aliphatic heterocycles. The molecule has 0 aromatic heterocycles. The van der Waals surface area contributed by atoms with Crippen LogP contribution in [0.15, 0.2) is 24.3 Å². The van der Waals surface area contributed by atoms with Crippen LogP contribution in [0, 0.1) is 27.7 Å². The number of likely N-dealkylation sites (tertiary alicyclic amines) is 2. The van der Waals surface area contributed by atoms with Gasteiger partial charge in [-0.1, -0.05) is 74.2 Å². The summed E-state index contributed by atoms with van der Waals surface area (Å²) in [5, 5.41) is 44.4. The maximum atomic E-state index is 12.7. The van der Waals surface area contributed by atoms with Gasteiger partial charge in [-0.05, 0) is 77.6 Å². The van der Waals surface area contributed by atoms with Gasteiger partial charge in [0.1, 0.15) is 0 Å². The van der Waals surface area contributed by atoms with E-state index in [-0.39, 0.29) is 33.2 Å². The van der Waals surface area contributed by atoms with Crippen molar-refractivity contribution in [2.45, 2.75) is 118 Å². The summed E-state index contributed by atoms with van der Waals surface area (Å²) in [6.45, 7) is 18.0. The zero-order valence-corrected chi connectivity index (χ0v) is 26.9. The molecule has 7 heteroatoms. The third-order valence-electron chi connectivity index (χ3n) is 7.01. The molecule has 2 atom stereocenters. The monoisotopic (exact) mass is 572 g/mol. The van der Waals surface area contributed by atoms with E-state index < -0.39 is 12.2 Å². The van der Waals surface area contributed by atoms with Crippen LogP contribution in [0.3, 0.4) is 0 Å². The van der Waals surface area contributed by atoms with Gasteiger partial charge in [0.25, 0.3) is 0 Å². The SMILES string of the molecule is CC(C)[O-].CC(C)[O-].Cc1cc(C)c([O-])c(CN2CCC[C@@H]2[C@@H]2CCCN2Cc2cc(C)cc(C)c2[O-])c1.[Ti+4]. The standard InChI is InChI=1S/C26H36N2O2.2C3H7O.Ti/c1-17-11-19(3)25(29)21(13-17)15-27-9-5-7-23(27)24-8-6-10-28(24)16-22-14-18(2)12-20(4)26(22)30;2*1-3(2)4;/h11-14,23-24,29-30H,5-10,15-16H2,1-4H3;2*3H,1-2H3;/q;2*-1;+4/p-2/t23-,24+;;;. The van der Waals surface area contributed by atoms with E-state index in [1.165, 1.54) is 25.7 Å². The second kappa shape index (κ2) is 16.8. The summed E-state index contributed by atoms with van der Waals surface area (Å²) in [4.78, 5) is 5.05. The molecule has 0 aliphatic carbocycles. The van der Waals surface area contributed by atoms with Gasteiger partial charge in [0.05, 0.1) is 0 Å². The molecule has 2 aliphatic rings. The molecule has 2 heterocycles. The largest absolute Gasteiger partial charge is 4.00 e. The minimum Gasteiger partial charge on any atom is -0.872 e. The maximum absolute atomic E-state index is 12.7. The van der Waals surface area contributed by atoms with Crippen LogP contribution in [-0.2, 0) is 34.8 Å². The topological polar surface area (TPSA) is 98.7 Å². The molecule has 0 radical (unpaired) electrons. The summed E-state index contributed by atoms with van der Waals surface area (Å²) in [5.74, 6) is 0.390. The first-order valence-electron chi connectivity index (χ1n) is 14.1. The fraction of sp³-hybridized carbons (Fsp3) is 0.625. The normalized spacial score (nSPS) is 19.4. The molecule has 6 nitrogen and oxygen atoms in total. The number of benzene rings is 2. The van der Waals surface area contributed by atoms with Crippen molar-refractivity contribution < 1.29 is 42.1 Å². The number of hydrogen-bond acceptors (Lipinski definition) is 6. The van der Waals surface area contributed by atoms with Crippen molar-refractivity contribution in [3.63, 3.8) is 0 Å². The first-order chi connectivity index (χ1) is 17.8. The van der Waals surface area contributed by atoms with Gasteiger partial charge in [-0.2, -0.15) is 0 Å². The van der Waals surface area contributed by atoms with E-state index in [1.807, 2.05) is 26.0 Å².